The molecule has 0 spiro atoms. The number of imidazole rings is 2. The van der Waals surface area contributed by atoms with E-state index in [1.165, 1.54) is 0 Å². The molecule has 2 saturated heterocycles. The molecule has 10 nitrogen and oxygen atoms in total. The van der Waals surface area contributed by atoms with Crippen molar-refractivity contribution >= 4 is 12.0 Å². The Morgan fingerprint density at radius 2 is 1.22 bits per heavy atom. The van der Waals surface area contributed by atoms with E-state index >= 15 is 0 Å². The van der Waals surface area contributed by atoms with Gasteiger partial charge in [0, 0.05) is 13.1 Å². The van der Waals surface area contributed by atoms with E-state index in [2.05, 4.69) is 68.5 Å². The average Bonchev–Trinajstić information content (AvgIpc) is 3.85. The van der Waals surface area contributed by atoms with E-state index in [1.807, 2.05) is 51.9 Å². The third-order valence-electron chi connectivity index (χ3n) is 8.97. The van der Waals surface area contributed by atoms with Crippen molar-refractivity contribution in [1.29, 1.82) is 0 Å². The van der Waals surface area contributed by atoms with E-state index in [9.17, 15) is 9.59 Å². The van der Waals surface area contributed by atoms with E-state index in [-0.39, 0.29) is 30.0 Å². The minimum Gasteiger partial charge on any atom is -0.444 e. The molecule has 2 aliphatic rings. The van der Waals surface area contributed by atoms with Crippen LogP contribution in [0.5, 0.6) is 0 Å². The van der Waals surface area contributed by atoms with Gasteiger partial charge >= 0.3 is 6.09 Å². The zero-order chi connectivity index (χ0) is 32.6. The summed E-state index contributed by atoms with van der Waals surface area (Å²) in [6.07, 6.45) is 6.98. The number of likely N-dealkylation sites (tertiary alicyclic amines) is 2. The van der Waals surface area contributed by atoms with Gasteiger partial charge < -0.3 is 25.3 Å². The Labute approximate surface area is 270 Å². The first-order chi connectivity index (χ1) is 22.0. The summed E-state index contributed by atoms with van der Waals surface area (Å²) in [5.74, 6) is 1.68. The highest BCUT2D eigenvalue weighted by Gasteiger charge is 2.36. The SMILES string of the molecule is CC(C)[C@H](N)C(=O)N1CCC[C@H]1c1ncc(-c2ccc(-c3ccc(-c4cnc([C@H]5CCCN5C(=O)OC(C)(C)C)[nH]4)cc3)cc2)[nH]1. The Balaban J connectivity index is 1.11. The van der Waals surface area contributed by atoms with E-state index < -0.39 is 11.6 Å². The second kappa shape index (κ2) is 12.7. The molecule has 0 unspecified atom stereocenters. The number of hydrogen-bond donors (Lipinski definition) is 3. The van der Waals surface area contributed by atoms with Gasteiger partial charge in [-0.1, -0.05) is 62.4 Å². The molecule has 0 saturated carbocycles. The highest BCUT2D eigenvalue weighted by Crippen LogP contribution is 2.35. The lowest BCUT2D eigenvalue weighted by Crippen LogP contribution is -2.46. The van der Waals surface area contributed by atoms with Crippen LogP contribution in [-0.4, -0.2) is 66.5 Å². The van der Waals surface area contributed by atoms with Gasteiger partial charge in [-0.15, -0.1) is 0 Å². The number of aromatic nitrogens is 4. The van der Waals surface area contributed by atoms with Gasteiger partial charge in [0.2, 0.25) is 5.91 Å². The fourth-order valence-corrected chi connectivity index (χ4v) is 6.37. The largest absolute Gasteiger partial charge is 0.444 e. The molecule has 3 atom stereocenters. The minimum absolute atomic E-state index is 0.00236. The van der Waals surface area contributed by atoms with Crippen LogP contribution in [0.2, 0.25) is 0 Å². The number of ether oxygens (including phenoxy) is 1. The summed E-state index contributed by atoms with van der Waals surface area (Å²) in [4.78, 5) is 45.6. The summed E-state index contributed by atoms with van der Waals surface area (Å²) >= 11 is 0. The Kier molecular flexibility index (Phi) is 8.74. The zero-order valence-corrected chi connectivity index (χ0v) is 27.4. The van der Waals surface area contributed by atoms with Gasteiger partial charge in [0.1, 0.15) is 17.2 Å². The molecule has 6 rings (SSSR count). The maximum Gasteiger partial charge on any atom is 0.410 e. The number of hydrogen-bond acceptors (Lipinski definition) is 6. The van der Waals surface area contributed by atoms with E-state index in [1.54, 1.807) is 4.90 Å². The van der Waals surface area contributed by atoms with Crippen molar-refractivity contribution < 1.29 is 14.3 Å². The number of nitrogens with zero attached hydrogens (tertiary/aromatic N) is 4. The number of rotatable bonds is 7. The summed E-state index contributed by atoms with van der Waals surface area (Å²) in [7, 11) is 0. The Hall–Kier alpha value is -4.44. The molecule has 4 aromatic rings. The van der Waals surface area contributed by atoms with Crippen LogP contribution in [0.1, 0.15) is 84.0 Å². The molecule has 2 aromatic heterocycles. The topological polar surface area (TPSA) is 133 Å². The van der Waals surface area contributed by atoms with E-state index in [0.29, 0.717) is 13.1 Å². The second-order valence-electron chi connectivity index (χ2n) is 13.8. The number of H-pyrrole nitrogens is 2. The molecule has 242 valence electrons. The molecule has 10 heteroatoms. The Morgan fingerprint density at radius 3 is 1.67 bits per heavy atom. The smallest absolute Gasteiger partial charge is 0.410 e. The zero-order valence-electron chi connectivity index (χ0n) is 27.4. The third-order valence-corrected chi connectivity index (χ3v) is 8.97. The van der Waals surface area contributed by atoms with Gasteiger partial charge in [0.25, 0.3) is 0 Å². The predicted molar refractivity (Wildman–Crippen MR) is 178 cm³/mol. The van der Waals surface area contributed by atoms with Crippen molar-refractivity contribution in [2.45, 2.75) is 84.0 Å². The Morgan fingerprint density at radius 1 is 0.783 bits per heavy atom. The van der Waals surface area contributed by atoms with Crippen molar-refractivity contribution in [2.24, 2.45) is 11.7 Å². The van der Waals surface area contributed by atoms with Crippen molar-refractivity contribution in [3.05, 3.63) is 72.6 Å². The van der Waals surface area contributed by atoms with Gasteiger partial charge in [0.15, 0.2) is 0 Å². The summed E-state index contributed by atoms with van der Waals surface area (Å²) in [5, 5.41) is 0. The van der Waals surface area contributed by atoms with Gasteiger partial charge in [-0.05, 0) is 74.6 Å². The quantitative estimate of drug-likeness (QED) is 0.206. The number of nitrogens with one attached hydrogen (secondary N) is 2. The van der Waals surface area contributed by atoms with Crippen LogP contribution in [-0.2, 0) is 9.53 Å². The lowest BCUT2D eigenvalue weighted by molar-refractivity contribution is -0.134. The molecule has 2 amide bonds. The number of aromatic amines is 2. The fourth-order valence-electron chi connectivity index (χ4n) is 6.37. The number of benzene rings is 2. The predicted octanol–water partition coefficient (Wildman–Crippen LogP) is 6.85. The monoisotopic (exact) mass is 623 g/mol. The minimum atomic E-state index is -0.536. The average molecular weight is 624 g/mol. The van der Waals surface area contributed by atoms with Gasteiger partial charge in [-0.25, -0.2) is 14.8 Å². The molecule has 2 aromatic carbocycles. The van der Waals surface area contributed by atoms with Crippen LogP contribution >= 0.6 is 0 Å². The summed E-state index contributed by atoms with van der Waals surface area (Å²) < 4.78 is 5.62. The molecular weight excluding hydrogens is 578 g/mol. The molecule has 4 heterocycles. The van der Waals surface area contributed by atoms with Crippen molar-refractivity contribution in [3.63, 3.8) is 0 Å². The van der Waals surface area contributed by atoms with Crippen LogP contribution in [0.3, 0.4) is 0 Å². The standard InChI is InChI=1S/C36H45N7O3/c1-22(2)31(37)34(44)42-18-6-8-29(42)32-38-20-27(40-32)25-14-10-23(11-15-25)24-12-16-26(17-13-24)28-21-39-33(41-28)30-9-7-19-43(30)35(45)46-36(3,4)5/h10-17,20-22,29-31H,6-9,18-19,37H2,1-5H3,(H,38,40)(H,39,41)/t29-,30+,31-/m0/s1. The molecule has 2 aliphatic heterocycles. The van der Waals surface area contributed by atoms with Gasteiger partial charge in [-0.2, -0.15) is 0 Å². The van der Waals surface area contributed by atoms with Crippen LogP contribution in [0.25, 0.3) is 33.6 Å². The van der Waals surface area contributed by atoms with Crippen LogP contribution in [0.15, 0.2) is 60.9 Å². The number of amides is 2. The van der Waals surface area contributed by atoms with Crippen LogP contribution in [0, 0.1) is 5.92 Å². The molecule has 46 heavy (non-hydrogen) atoms. The summed E-state index contributed by atoms with van der Waals surface area (Å²) in [5.41, 5.74) is 11.8. The van der Waals surface area contributed by atoms with Gasteiger partial charge in [-0.3, -0.25) is 9.69 Å². The van der Waals surface area contributed by atoms with Crippen molar-refractivity contribution in [3.8, 4) is 33.6 Å². The summed E-state index contributed by atoms with van der Waals surface area (Å²) in [6, 6.07) is 16.1. The first-order valence-corrected chi connectivity index (χ1v) is 16.4. The first-order valence-electron chi connectivity index (χ1n) is 16.4. The maximum atomic E-state index is 13.0. The lowest BCUT2D eigenvalue weighted by Gasteiger charge is -2.27. The second-order valence-corrected chi connectivity index (χ2v) is 13.8. The number of carbonyl (C=O) groups excluding carboxylic acids is 2. The Bertz CT molecular complexity index is 1670. The molecule has 2 fully saturated rings. The van der Waals surface area contributed by atoms with Gasteiger partial charge in [0.05, 0.1) is 41.9 Å². The molecule has 0 bridgehead atoms. The van der Waals surface area contributed by atoms with Crippen LogP contribution < -0.4 is 5.73 Å². The lowest BCUT2D eigenvalue weighted by atomic mass is 10.0. The third kappa shape index (κ3) is 6.58. The summed E-state index contributed by atoms with van der Waals surface area (Å²) in [6.45, 7) is 11.0. The number of carbonyl (C=O) groups is 2. The van der Waals surface area contributed by atoms with Crippen molar-refractivity contribution in [2.75, 3.05) is 13.1 Å². The highest BCUT2D eigenvalue weighted by atomic mass is 16.6. The maximum absolute atomic E-state index is 13.0. The molecule has 4 N–H and O–H groups in total. The van der Waals surface area contributed by atoms with Crippen molar-refractivity contribution in [1.82, 2.24) is 29.7 Å². The number of nitrogens with two attached hydrogens (primary N) is 1. The fraction of sp³-hybridized carbons (Fsp3) is 0.444. The first kappa shape index (κ1) is 31.5. The van der Waals surface area contributed by atoms with E-state index in [0.717, 1.165) is 71.0 Å². The normalized spacial score (nSPS) is 19.2. The molecular formula is C36H45N7O3. The highest BCUT2D eigenvalue weighted by molar-refractivity contribution is 5.82. The molecule has 0 radical (unpaired) electrons. The van der Waals surface area contributed by atoms with Crippen LogP contribution in [0.4, 0.5) is 4.79 Å². The molecule has 0 aliphatic carbocycles. The van der Waals surface area contributed by atoms with E-state index in [4.69, 9.17) is 10.5 Å².